The van der Waals surface area contributed by atoms with Gasteiger partial charge in [0.05, 0.1) is 12.2 Å². The lowest BCUT2D eigenvalue weighted by Gasteiger charge is -2.33. The molecule has 2 N–H and O–H groups in total. The lowest BCUT2D eigenvalue weighted by Crippen LogP contribution is -2.59. The van der Waals surface area contributed by atoms with E-state index < -0.39 is 41.3 Å². The van der Waals surface area contributed by atoms with Crippen LogP contribution in [0.2, 0.25) is 0 Å². The summed E-state index contributed by atoms with van der Waals surface area (Å²) in [5.74, 6) is -1.31. The first-order chi connectivity index (χ1) is 11.9. The van der Waals surface area contributed by atoms with E-state index in [1.165, 1.54) is 11.8 Å². The maximum Gasteiger partial charge on any atom is 0.411 e. The van der Waals surface area contributed by atoms with Crippen LogP contribution in [0, 0.1) is 0 Å². The summed E-state index contributed by atoms with van der Waals surface area (Å²) >= 11 is 0. The first kappa shape index (κ1) is 22.0. The maximum atomic E-state index is 12.7. The molecule has 1 aliphatic rings. The molecule has 0 aromatic carbocycles. The zero-order valence-corrected chi connectivity index (χ0v) is 16.4. The summed E-state index contributed by atoms with van der Waals surface area (Å²) in [4.78, 5) is 38.4. The molecule has 0 saturated carbocycles. The Hall–Kier alpha value is -2.09. The molecule has 0 bridgehead atoms. The van der Waals surface area contributed by atoms with Gasteiger partial charge in [-0.05, 0) is 41.0 Å². The number of esters is 1. The molecule has 8 heteroatoms. The molecular formula is C18H30N2O6. The molecule has 8 nitrogen and oxygen atoms in total. The van der Waals surface area contributed by atoms with Crippen molar-refractivity contribution in [3.05, 3.63) is 12.2 Å². The van der Waals surface area contributed by atoms with Crippen molar-refractivity contribution in [1.82, 2.24) is 10.2 Å². The lowest BCUT2D eigenvalue weighted by atomic mass is 9.93. The zero-order valence-electron chi connectivity index (χ0n) is 16.4. The third-order valence-corrected chi connectivity index (χ3v) is 4.00. The van der Waals surface area contributed by atoms with Crippen molar-refractivity contribution in [3.8, 4) is 0 Å². The van der Waals surface area contributed by atoms with E-state index >= 15 is 0 Å². The minimum Gasteiger partial charge on any atom is -0.464 e. The minimum absolute atomic E-state index is 0.123. The number of carbonyl (C=O) groups excluding carboxylic acids is 3. The van der Waals surface area contributed by atoms with Crippen molar-refractivity contribution in [2.24, 2.45) is 0 Å². The van der Waals surface area contributed by atoms with Gasteiger partial charge in [0, 0.05) is 6.54 Å². The van der Waals surface area contributed by atoms with E-state index in [2.05, 4.69) is 5.32 Å². The molecule has 0 aromatic heterocycles. The fraction of sp³-hybridized carbons (Fsp3) is 0.722. The lowest BCUT2D eigenvalue weighted by molar-refractivity contribution is -0.155. The summed E-state index contributed by atoms with van der Waals surface area (Å²) in [5, 5.41) is 13.0. The van der Waals surface area contributed by atoms with Gasteiger partial charge < -0.3 is 19.9 Å². The number of hydrogen-bond acceptors (Lipinski definition) is 6. The van der Waals surface area contributed by atoms with E-state index in [4.69, 9.17) is 9.47 Å². The molecule has 1 aliphatic heterocycles. The largest absolute Gasteiger partial charge is 0.464 e. The molecule has 0 spiro atoms. The van der Waals surface area contributed by atoms with E-state index in [0.29, 0.717) is 0 Å². The quantitative estimate of drug-likeness (QED) is 0.540. The number of hydrogen-bond donors (Lipinski definition) is 2. The highest BCUT2D eigenvalue weighted by molar-refractivity contribution is 5.92. The van der Waals surface area contributed by atoms with Crippen LogP contribution in [0.4, 0.5) is 4.79 Å². The summed E-state index contributed by atoms with van der Waals surface area (Å²) in [7, 11) is 0. The summed E-state index contributed by atoms with van der Waals surface area (Å²) in [6, 6.07) is -2.16. The molecule has 3 atom stereocenters. The molecule has 0 fully saturated rings. The van der Waals surface area contributed by atoms with Crippen LogP contribution in [-0.4, -0.2) is 64.4 Å². The van der Waals surface area contributed by atoms with Crippen LogP contribution in [0.15, 0.2) is 12.2 Å². The molecule has 1 rings (SSSR count). The smallest absolute Gasteiger partial charge is 0.411 e. The summed E-state index contributed by atoms with van der Waals surface area (Å²) in [6.07, 6.45) is 2.83. The van der Waals surface area contributed by atoms with Gasteiger partial charge in [-0.25, -0.2) is 9.59 Å². The van der Waals surface area contributed by atoms with Gasteiger partial charge in [-0.15, -0.1) is 0 Å². The Morgan fingerprint density at radius 1 is 1.27 bits per heavy atom. The van der Waals surface area contributed by atoms with Crippen molar-refractivity contribution in [2.45, 2.75) is 71.2 Å². The van der Waals surface area contributed by atoms with Crippen molar-refractivity contribution < 1.29 is 29.0 Å². The number of nitrogens with zero attached hydrogens (tertiary/aromatic N) is 1. The van der Waals surface area contributed by atoms with Crippen molar-refractivity contribution in [1.29, 1.82) is 0 Å². The molecule has 0 saturated heterocycles. The Kier molecular flexibility index (Phi) is 7.20. The number of nitrogens with one attached hydrogen (secondary N) is 1. The van der Waals surface area contributed by atoms with E-state index in [-0.39, 0.29) is 19.6 Å². The van der Waals surface area contributed by atoms with Crippen LogP contribution in [0.3, 0.4) is 0 Å². The standard InChI is InChI=1S/C18H30N2O6/c1-7-18(6,24)13(15(22)25-8-2)19-14(21)12-10-9-11-20(12)16(23)26-17(3,4)5/h9-10,12-13,24H,7-8,11H2,1-6H3,(H,19,21)/t12-,13+,18+/m0/s1. The van der Waals surface area contributed by atoms with Crippen molar-refractivity contribution in [2.75, 3.05) is 13.2 Å². The predicted molar refractivity (Wildman–Crippen MR) is 95.3 cm³/mol. The SMILES string of the molecule is CCOC(=O)[C@@H](NC(=O)[C@@H]1C=CCN1C(=O)OC(C)(C)C)[C@](C)(O)CC. The topological polar surface area (TPSA) is 105 Å². The van der Waals surface area contributed by atoms with Crippen LogP contribution in [0.1, 0.15) is 48.0 Å². The van der Waals surface area contributed by atoms with Gasteiger partial charge >= 0.3 is 12.1 Å². The summed E-state index contributed by atoms with van der Waals surface area (Å²) in [5.41, 5.74) is -2.18. The maximum absolute atomic E-state index is 12.7. The summed E-state index contributed by atoms with van der Waals surface area (Å²) < 4.78 is 10.3. The third-order valence-electron chi connectivity index (χ3n) is 4.00. The highest BCUT2D eigenvalue weighted by Crippen LogP contribution is 2.19. The molecule has 26 heavy (non-hydrogen) atoms. The van der Waals surface area contributed by atoms with Gasteiger partial charge in [0.2, 0.25) is 5.91 Å². The highest BCUT2D eigenvalue weighted by atomic mass is 16.6. The third kappa shape index (κ3) is 5.72. The Morgan fingerprint density at radius 2 is 1.88 bits per heavy atom. The first-order valence-electron chi connectivity index (χ1n) is 8.78. The fourth-order valence-corrected chi connectivity index (χ4v) is 2.38. The average molecular weight is 370 g/mol. The highest BCUT2D eigenvalue weighted by Gasteiger charge is 2.41. The predicted octanol–water partition coefficient (Wildman–Crippen LogP) is 1.37. The van der Waals surface area contributed by atoms with Gasteiger partial charge in [0.1, 0.15) is 11.6 Å². The molecule has 148 valence electrons. The Bertz CT molecular complexity index is 565. The fourth-order valence-electron chi connectivity index (χ4n) is 2.38. The van der Waals surface area contributed by atoms with Gasteiger partial charge in [-0.3, -0.25) is 9.69 Å². The second-order valence-electron chi connectivity index (χ2n) is 7.41. The second kappa shape index (κ2) is 8.53. The van der Waals surface area contributed by atoms with E-state index in [0.717, 1.165) is 0 Å². The van der Waals surface area contributed by atoms with Gasteiger partial charge in [0.25, 0.3) is 0 Å². The van der Waals surface area contributed by atoms with Crippen LogP contribution in [-0.2, 0) is 19.1 Å². The molecule has 0 aromatic rings. The van der Waals surface area contributed by atoms with E-state index in [1.54, 1.807) is 46.8 Å². The van der Waals surface area contributed by atoms with E-state index in [9.17, 15) is 19.5 Å². The number of rotatable bonds is 6. The Balaban J connectivity index is 2.92. The van der Waals surface area contributed by atoms with Gasteiger partial charge in [0.15, 0.2) is 6.04 Å². The number of aliphatic hydroxyl groups is 1. The Morgan fingerprint density at radius 3 is 2.38 bits per heavy atom. The minimum atomic E-state index is -1.49. The van der Waals surface area contributed by atoms with Crippen LogP contribution in [0.5, 0.6) is 0 Å². The molecule has 0 unspecified atom stereocenters. The molecule has 0 radical (unpaired) electrons. The first-order valence-corrected chi connectivity index (χ1v) is 8.78. The number of carbonyl (C=O) groups is 3. The van der Waals surface area contributed by atoms with Gasteiger partial charge in [-0.1, -0.05) is 19.1 Å². The molecular weight excluding hydrogens is 340 g/mol. The number of ether oxygens (including phenoxy) is 2. The molecule has 0 aliphatic carbocycles. The van der Waals surface area contributed by atoms with Crippen molar-refractivity contribution in [3.63, 3.8) is 0 Å². The average Bonchev–Trinajstić information content (AvgIpc) is 3.00. The molecule has 1 heterocycles. The van der Waals surface area contributed by atoms with E-state index in [1.807, 2.05) is 0 Å². The molecule has 2 amide bonds. The van der Waals surface area contributed by atoms with Crippen LogP contribution in [0.25, 0.3) is 0 Å². The Labute approximate surface area is 154 Å². The summed E-state index contributed by atoms with van der Waals surface area (Å²) in [6.45, 7) is 10.3. The number of amides is 2. The van der Waals surface area contributed by atoms with Crippen LogP contribution < -0.4 is 5.32 Å². The van der Waals surface area contributed by atoms with Crippen molar-refractivity contribution >= 4 is 18.0 Å². The second-order valence-corrected chi connectivity index (χ2v) is 7.41. The van der Waals surface area contributed by atoms with Gasteiger partial charge in [-0.2, -0.15) is 0 Å². The monoisotopic (exact) mass is 370 g/mol. The normalized spacial score (nSPS) is 20.3. The zero-order chi connectivity index (χ0) is 20.1. The van der Waals surface area contributed by atoms with Crippen LogP contribution >= 0.6 is 0 Å².